The molecule has 0 bridgehead atoms. The molecular weight excluding hydrogens is 124 g/mol. The molecule has 2 rings (SSSR count). The van der Waals surface area contributed by atoms with Crippen molar-refractivity contribution in [2.45, 2.75) is 25.4 Å². The molecule has 2 aliphatic heterocycles. The molecule has 2 saturated heterocycles. The summed E-state index contributed by atoms with van der Waals surface area (Å²) in [5.74, 6) is 0.944. The van der Waals surface area contributed by atoms with Crippen molar-refractivity contribution in [1.82, 2.24) is 10.2 Å². The van der Waals surface area contributed by atoms with Gasteiger partial charge in [0, 0.05) is 18.6 Å². The lowest BCUT2D eigenvalue weighted by Crippen LogP contribution is -2.34. The zero-order valence-corrected chi connectivity index (χ0v) is 6.80. The molecule has 0 saturated carbocycles. The summed E-state index contributed by atoms with van der Waals surface area (Å²) < 4.78 is 0. The Morgan fingerprint density at radius 2 is 2.20 bits per heavy atom. The number of hydrogen-bond donors (Lipinski definition) is 1. The molecule has 0 radical (unpaired) electrons. The normalized spacial score (nSPS) is 48.0. The van der Waals surface area contributed by atoms with Crippen molar-refractivity contribution in [2.24, 2.45) is 5.92 Å². The van der Waals surface area contributed by atoms with Crippen molar-refractivity contribution < 1.29 is 0 Å². The molecule has 1 N–H and O–H groups in total. The van der Waals surface area contributed by atoms with Crippen molar-refractivity contribution in [3.8, 4) is 0 Å². The lowest BCUT2D eigenvalue weighted by atomic mass is 10.0. The molecule has 2 fully saturated rings. The van der Waals surface area contributed by atoms with Crippen LogP contribution in [0.3, 0.4) is 0 Å². The fourth-order valence-electron chi connectivity index (χ4n) is 2.37. The third-order valence-corrected chi connectivity index (χ3v) is 3.17. The summed E-state index contributed by atoms with van der Waals surface area (Å²) in [4.78, 5) is 2.52. The molecule has 0 aliphatic carbocycles. The SMILES string of the molecule is CC1CC2CNCC2N1C. The molecule has 3 unspecified atom stereocenters. The molecule has 0 aromatic heterocycles. The number of nitrogens with one attached hydrogen (secondary N) is 1. The monoisotopic (exact) mass is 140 g/mol. The van der Waals surface area contributed by atoms with Crippen LogP contribution in [-0.4, -0.2) is 37.1 Å². The van der Waals surface area contributed by atoms with E-state index in [-0.39, 0.29) is 0 Å². The van der Waals surface area contributed by atoms with Gasteiger partial charge in [0.15, 0.2) is 0 Å². The molecule has 2 heteroatoms. The Hall–Kier alpha value is -0.0800. The van der Waals surface area contributed by atoms with Crippen LogP contribution in [0, 0.1) is 5.92 Å². The van der Waals surface area contributed by atoms with Gasteiger partial charge in [-0.2, -0.15) is 0 Å². The molecular formula is C8H16N2. The van der Waals surface area contributed by atoms with Crippen molar-refractivity contribution in [2.75, 3.05) is 20.1 Å². The lowest BCUT2D eigenvalue weighted by molar-refractivity contribution is 0.255. The van der Waals surface area contributed by atoms with Gasteiger partial charge in [0.05, 0.1) is 0 Å². The van der Waals surface area contributed by atoms with E-state index in [1.807, 2.05) is 0 Å². The van der Waals surface area contributed by atoms with Crippen molar-refractivity contribution in [3.63, 3.8) is 0 Å². The topological polar surface area (TPSA) is 15.3 Å². The predicted octanol–water partition coefficient (Wildman–Crippen LogP) is 0.298. The second-order valence-corrected chi connectivity index (χ2v) is 3.74. The number of fused-ring (bicyclic) bond motifs is 1. The van der Waals surface area contributed by atoms with E-state index in [2.05, 4.69) is 24.2 Å². The summed E-state index contributed by atoms with van der Waals surface area (Å²) in [6.45, 7) is 4.79. The largest absolute Gasteiger partial charge is 0.315 e. The van der Waals surface area contributed by atoms with Gasteiger partial charge in [-0.05, 0) is 32.9 Å². The van der Waals surface area contributed by atoms with E-state index in [0.717, 1.165) is 18.0 Å². The van der Waals surface area contributed by atoms with E-state index in [1.54, 1.807) is 0 Å². The molecule has 2 heterocycles. The zero-order chi connectivity index (χ0) is 7.14. The molecule has 0 spiro atoms. The average molecular weight is 140 g/mol. The minimum Gasteiger partial charge on any atom is -0.315 e. The second-order valence-electron chi connectivity index (χ2n) is 3.74. The Labute approximate surface area is 62.6 Å². The van der Waals surface area contributed by atoms with Crippen LogP contribution < -0.4 is 5.32 Å². The highest BCUT2D eigenvalue weighted by Crippen LogP contribution is 2.30. The van der Waals surface area contributed by atoms with Crippen LogP contribution in [0.15, 0.2) is 0 Å². The molecule has 3 atom stereocenters. The van der Waals surface area contributed by atoms with E-state index in [4.69, 9.17) is 0 Å². The van der Waals surface area contributed by atoms with Crippen molar-refractivity contribution in [1.29, 1.82) is 0 Å². The van der Waals surface area contributed by atoms with Gasteiger partial charge in [-0.15, -0.1) is 0 Å². The maximum Gasteiger partial charge on any atom is 0.0261 e. The van der Waals surface area contributed by atoms with Gasteiger partial charge in [-0.25, -0.2) is 0 Å². The molecule has 58 valence electrons. The Morgan fingerprint density at radius 1 is 1.40 bits per heavy atom. The van der Waals surface area contributed by atoms with E-state index in [0.29, 0.717) is 0 Å². The van der Waals surface area contributed by atoms with Gasteiger partial charge in [0.25, 0.3) is 0 Å². The third kappa shape index (κ3) is 0.789. The maximum absolute atomic E-state index is 3.43. The molecule has 0 aromatic carbocycles. The van der Waals surface area contributed by atoms with E-state index in [9.17, 15) is 0 Å². The van der Waals surface area contributed by atoms with Gasteiger partial charge in [-0.1, -0.05) is 0 Å². The molecule has 0 aromatic rings. The Morgan fingerprint density at radius 3 is 2.90 bits per heavy atom. The first-order valence-electron chi connectivity index (χ1n) is 4.21. The number of nitrogens with zero attached hydrogens (tertiary/aromatic N) is 1. The number of likely N-dealkylation sites (N-methyl/N-ethyl adjacent to an activating group) is 1. The third-order valence-electron chi connectivity index (χ3n) is 3.17. The van der Waals surface area contributed by atoms with Crippen LogP contribution >= 0.6 is 0 Å². The number of hydrogen-bond acceptors (Lipinski definition) is 2. The summed E-state index contributed by atoms with van der Waals surface area (Å²) in [7, 11) is 2.25. The highest BCUT2D eigenvalue weighted by Gasteiger charge is 2.39. The number of likely N-dealkylation sites (tertiary alicyclic amines) is 1. The number of rotatable bonds is 0. The van der Waals surface area contributed by atoms with E-state index < -0.39 is 0 Å². The molecule has 0 amide bonds. The second kappa shape index (κ2) is 2.21. The Kier molecular flexibility index (Phi) is 1.46. The maximum atomic E-state index is 3.43. The van der Waals surface area contributed by atoms with Gasteiger partial charge >= 0.3 is 0 Å². The zero-order valence-electron chi connectivity index (χ0n) is 6.80. The van der Waals surface area contributed by atoms with Gasteiger partial charge in [-0.3, -0.25) is 4.90 Å². The first-order chi connectivity index (χ1) is 4.79. The quantitative estimate of drug-likeness (QED) is 0.520. The molecule has 10 heavy (non-hydrogen) atoms. The summed E-state index contributed by atoms with van der Waals surface area (Å²) >= 11 is 0. The summed E-state index contributed by atoms with van der Waals surface area (Å²) in [5.41, 5.74) is 0. The average Bonchev–Trinajstić information content (AvgIpc) is 2.41. The Balaban J connectivity index is 2.09. The van der Waals surface area contributed by atoms with Crippen LogP contribution in [0.1, 0.15) is 13.3 Å². The van der Waals surface area contributed by atoms with Crippen LogP contribution in [0.4, 0.5) is 0 Å². The van der Waals surface area contributed by atoms with Crippen LogP contribution in [0.25, 0.3) is 0 Å². The molecule has 2 nitrogen and oxygen atoms in total. The minimum absolute atomic E-state index is 0.817. The van der Waals surface area contributed by atoms with E-state index >= 15 is 0 Å². The predicted molar refractivity (Wildman–Crippen MR) is 42.0 cm³/mol. The van der Waals surface area contributed by atoms with Gasteiger partial charge in [0.2, 0.25) is 0 Å². The Bertz CT molecular complexity index is 133. The summed E-state index contributed by atoms with van der Waals surface area (Å²) in [5, 5.41) is 3.43. The van der Waals surface area contributed by atoms with Crippen LogP contribution in [-0.2, 0) is 0 Å². The summed E-state index contributed by atoms with van der Waals surface area (Å²) in [6.07, 6.45) is 1.40. The fraction of sp³-hybridized carbons (Fsp3) is 1.00. The lowest BCUT2D eigenvalue weighted by Gasteiger charge is -2.21. The summed E-state index contributed by atoms with van der Waals surface area (Å²) in [6, 6.07) is 1.66. The van der Waals surface area contributed by atoms with Crippen molar-refractivity contribution >= 4 is 0 Å². The van der Waals surface area contributed by atoms with Crippen molar-refractivity contribution in [3.05, 3.63) is 0 Å². The minimum atomic E-state index is 0.817. The standard InChI is InChI=1S/C8H16N2/c1-6-3-7-4-9-5-8(7)10(6)2/h6-9H,3-5H2,1-2H3. The molecule has 2 aliphatic rings. The van der Waals surface area contributed by atoms with Gasteiger partial charge < -0.3 is 5.32 Å². The van der Waals surface area contributed by atoms with Crippen LogP contribution in [0.5, 0.6) is 0 Å². The van der Waals surface area contributed by atoms with E-state index in [1.165, 1.54) is 19.5 Å². The highest BCUT2D eigenvalue weighted by molar-refractivity contribution is 4.96. The smallest absolute Gasteiger partial charge is 0.0261 e. The van der Waals surface area contributed by atoms with Gasteiger partial charge in [0.1, 0.15) is 0 Å². The van der Waals surface area contributed by atoms with Crippen LogP contribution in [0.2, 0.25) is 0 Å². The first kappa shape index (κ1) is 6.62. The fourth-order valence-corrected chi connectivity index (χ4v) is 2.37. The first-order valence-corrected chi connectivity index (χ1v) is 4.21. The highest BCUT2D eigenvalue weighted by atomic mass is 15.2.